The van der Waals surface area contributed by atoms with E-state index in [4.69, 9.17) is 4.74 Å². The second-order valence-electron chi connectivity index (χ2n) is 6.31. The predicted molar refractivity (Wildman–Crippen MR) is 82.1 cm³/mol. The summed E-state index contributed by atoms with van der Waals surface area (Å²) in [6.45, 7) is 3.91. The van der Waals surface area contributed by atoms with E-state index in [1.165, 1.54) is 12.1 Å². The molecule has 4 rings (SSSR count). The SMILES string of the molecule is Cc1cc(F)ccc1-n1ccc(C(=O)N2CCC23CCOC3)n1. The van der Waals surface area contributed by atoms with Gasteiger partial charge in [0.2, 0.25) is 0 Å². The molecule has 1 spiro atoms. The van der Waals surface area contributed by atoms with Crippen molar-refractivity contribution in [1.29, 1.82) is 0 Å². The van der Waals surface area contributed by atoms with Crippen LogP contribution in [0.2, 0.25) is 0 Å². The smallest absolute Gasteiger partial charge is 0.274 e. The Morgan fingerprint density at radius 2 is 2.22 bits per heavy atom. The highest BCUT2D eigenvalue weighted by molar-refractivity contribution is 5.93. The first-order valence-corrected chi connectivity index (χ1v) is 7.81. The van der Waals surface area contributed by atoms with E-state index < -0.39 is 0 Å². The summed E-state index contributed by atoms with van der Waals surface area (Å²) in [5.41, 5.74) is 1.84. The minimum atomic E-state index is -0.279. The number of hydrogen-bond donors (Lipinski definition) is 0. The van der Waals surface area contributed by atoms with E-state index in [9.17, 15) is 9.18 Å². The van der Waals surface area contributed by atoms with Crippen LogP contribution in [-0.2, 0) is 4.74 Å². The lowest BCUT2D eigenvalue weighted by Crippen LogP contribution is -2.62. The summed E-state index contributed by atoms with van der Waals surface area (Å²) in [7, 11) is 0. The lowest BCUT2D eigenvalue weighted by molar-refractivity contribution is -0.00842. The highest BCUT2D eigenvalue weighted by Gasteiger charge is 2.50. The van der Waals surface area contributed by atoms with Crippen LogP contribution in [0, 0.1) is 12.7 Å². The van der Waals surface area contributed by atoms with Crippen molar-refractivity contribution in [3.05, 3.63) is 47.5 Å². The zero-order valence-electron chi connectivity index (χ0n) is 13.0. The molecule has 1 aromatic carbocycles. The van der Waals surface area contributed by atoms with Crippen LogP contribution in [0.5, 0.6) is 0 Å². The summed E-state index contributed by atoms with van der Waals surface area (Å²) in [4.78, 5) is 14.6. The molecule has 1 unspecified atom stereocenters. The van der Waals surface area contributed by atoms with Crippen LogP contribution in [0.3, 0.4) is 0 Å². The predicted octanol–water partition coefficient (Wildman–Crippen LogP) is 2.32. The maximum absolute atomic E-state index is 13.2. The van der Waals surface area contributed by atoms with Crippen LogP contribution in [0.1, 0.15) is 28.9 Å². The number of hydrogen-bond acceptors (Lipinski definition) is 3. The van der Waals surface area contributed by atoms with Gasteiger partial charge in [0.05, 0.1) is 17.8 Å². The van der Waals surface area contributed by atoms with Crippen molar-refractivity contribution in [3.63, 3.8) is 0 Å². The Labute approximate surface area is 133 Å². The number of amides is 1. The molecule has 2 aliphatic rings. The lowest BCUT2D eigenvalue weighted by atomic mass is 9.83. The molecule has 2 fully saturated rings. The largest absolute Gasteiger partial charge is 0.379 e. The van der Waals surface area contributed by atoms with Gasteiger partial charge in [0.1, 0.15) is 5.82 Å². The molecule has 1 atom stereocenters. The van der Waals surface area contributed by atoms with E-state index in [2.05, 4.69) is 5.10 Å². The molecule has 1 aromatic heterocycles. The fraction of sp³-hybridized carbons (Fsp3) is 0.412. The average Bonchev–Trinajstić information content (AvgIpc) is 3.17. The number of nitrogens with zero attached hydrogens (tertiary/aromatic N) is 3. The average molecular weight is 315 g/mol. The fourth-order valence-corrected chi connectivity index (χ4v) is 3.45. The van der Waals surface area contributed by atoms with Crippen LogP contribution in [0.15, 0.2) is 30.5 Å². The van der Waals surface area contributed by atoms with Crippen LogP contribution >= 0.6 is 0 Å². The molecule has 23 heavy (non-hydrogen) atoms. The Morgan fingerprint density at radius 1 is 1.35 bits per heavy atom. The monoisotopic (exact) mass is 315 g/mol. The molecule has 0 radical (unpaired) electrons. The fourth-order valence-electron chi connectivity index (χ4n) is 3.45. The Kier molecular flexibility index (Phi) is 3.23. The number of carbonyl (C=O) groups is 1. The standard InChI is InChI=1S/C17H18FN3O2/c1-12-10-13(18)2-3-15(12)21-7-4-14(19-21)16(22)20-8-5-17(20)6-9-23-11-17/h2-4,7,10H,5-6,8-9,11H2,1H3. The molecule has 2 aromatic rings. The van der Waals surface area contributed by atoms with Crippen LogP contribution < -0.4 is 0 Å². The van der Waals surface area contributed by atoms with Crippen molar-refractivity contribution in [2.45, 2.75) is 25.3 Å². The highest BCUT2D eigenvalue weighted by atomic mass is 19.1. The number of aryl methyl sites for hydroxylation is 1. The summed E-state index contributed by atoms with van der Waals surface area (Å²) in [6.07, 6.45) is 3.64. The van der Waals surface area contributed by atoms with E-state index in [1.54, 1.807) is 23.0 Å². The number of ether oxygens (including phenoxy) is 1. The van der Waals surface area contributed by atoms with Gasteiger partial charge in [-0.2, -0.15) is 5.10 Å². The van der Waals surface area contributed by atoms with Gasteiger partial charge in [0.15, 0.2) is 5.69 Å². The summed E-state index contributed by atoms with van der Waals surface area (Å²) < 4.78 is 20.3. The van der Waals surface area contributed by atoms with Crippen molar-refractivity contribution in [1.82, 2.24) is 14.7 Å². The maximum Gasteiger partial charge on any atom is 0.274 e. The number of rotatable bonds is 2. The summed E-state index contributed by atoms with van der Waals surface area (Å²) in [5, 5.41) is 4.39. The molecule has 6 heteroatoms. The molecule has 0 aliphatic carbocycles. The van der Waals surface area contributed by atoms with Crippen molar-refractivity contribution < 1.29 is 13.9 Å². The summed E-state index contributed by atoms with van der Waals surface area (Å²) >= 11 is 0. The third-order valence-electron chi connectivity index (χ3n) is 4.91. The second kappa shape index (κ2) is 5.16. The summed E-state index contributed by atoms with van der Waals surface area (Å²) in [6, 6.07) is 6.24. The first kappa shape index (κ1) is 14.4. The quantitative estimate of drug-likeness (QED) is 0.854. The number of carbonyl (C=O) groups excluding carboxylic acids is 1. The van der Waals surface area contributed by atoms with Gasteiger partial charge in [0.25, 0.3) is 5.91 Å². The van der Waals surface area contributed by atoms with Crippen molar-refractivity contribution in [2.24, 2.45) is 0 Å². The Morgan fingerprint density at radius 3 is 2.87 bits per heavy atom. The van der Waals surface area contributed by atoms with Crippen LogP contribution in [0.4, 0.5) is 4.39 Å². The van der Waals surface area contributed by atoms with E-state index >= 15 is 0 Å². The number of benzene rings is 1. The molecule has 0 bridgehead atoms. The minimum absolute atomic E-state index is 0.0553. The third-order valence-corrected chi connectivity index (χ3v) is 4.91. The molecule has 2 aliphatic heterocycles. The van der Waals surface area contributed by atoms with E-state index in [1.807, 2.05) is 11.8 Å². The first-order chi connectivity index (χ1) is 11.1. The molecule has 5 nitrogen and oxygen atoms in total. The topological polar surface area (TPSA) is 47.4 Å². The van der Waals surface area contributed by atoms with Gasteiger partial charge in [0, 0.05) is 19.3 Å². The maximum atomic E-state index is 13.2. The van der Waals surface area contributed by atoms with Gasteiger partial charge in [-0.25, -0.2) is 9.07 Å². The van der Waals surface area contributed by atoms with E-state index in [0.29, 0.717) is 18.9 Å². The molecule has 0 N–H and O–H groups in total. The summed E-state index contributed by atoms with van der Waals surface area (Å²) in [5.74, 6) is -0.335. The lowest BCUT2D eigenvalue weighted by Gasteiger charge is -2.49. The highest BCUT2D eigenvalue weighted by Crippen LogP contribution is 2.38. The van der Waals surface area contributed by atoms with Crippen molar-refractivity contribution in [3.8, 4) is 5.69 Å². The van der Waals surface area contributed by atoms with Gasteiger partial charge in [-0.15, -0.1) is 0 Å². The van der Waals surface area contributed by atoms with Crippen molar-refractivity contribution in [2.75, 3.05) is 19.8 Å². The van der Waals surface area contributed by atoms with Gasteiger partial charge in [-0.05, 0) is 49.6 Å². The molecule has 1 amide bonds. The van der Waals surface area contributed by atoms with Gasteiger partial charge >= 0.3 is 0 Å². The minimum Gasteiger partial charge on any atom is -0.379 e. The Bertz CT molecular complexity index is 765. The van der Waals surface area contributed by atoms with E-state index in [-0.39, 0.29) is 17.3 Å². The van der Waals surface area contributed by atoms with Crippen molar-refractivity contribution >= 4 is 5.91 Å². The molecular weight excluding hydrogens is 297 g/mol. The normalized spacial score (nSPS) is 23.3. The zero-order valence-corrected chi connectivity index (χ0v) is 13.0. The number of likely N-dealkylation sites (tertiary alicyclic amines) is 1. The molecular formula is C17H18FN3O2. The van der Waals surface area contributed by atoms with E-state index in [0.717, 1.165) is 30.6 Å². The molecule has 0 saturated carbocycles. The second-order valence-corrected chi connectivity index (χ2v) is 6.31. The molecule has 2 saturated heterocycles. The number of aromatic nitrogens is 2. The Balaban J connectivity index is 1.59. The first-order valence-electron chi connectivity index (χ1n) is 7.81. The Hall–Kier alpha value is -2.21. The van der Waals surface area contributed by atoms with Gasteiger partial charge < -0.3 is 9.64 Å². The third kappa shape index (κ3) is 2.25. The van der Waals surface area contributed by atoms with Crippen LogP contribution in [0.25, 0.3) is 5.69 Å². The number of halogens is 1. The van der Waals surface area contributed by atoms with Gasteiger partial charge in [-0.3, -0.25) is 4.79 Å². The molecule has 120 valence electrons. The van der Waals surface area contributed by atoms with Crippen LogP contribution in [-0.4, -0.2) is 45.9 Å². The van der Waals surface area contributed by atoms with Gasteiger partial charge in [-0.1, -0.05) is 0 Å². The molecule has 3 heterocycles. The zero-order chi connectivity index (χ0) is 16.0.